The summed E-state index contributed by atoms with van der Waals surface area (Å²) in [5.41, 5.74) is 1.18. The summed E-state index contributed by atoms with van der Waals surface area (Å²) in [5, 5.41) is 6.55. The Hall–Kier alpha value is -1.09. The minimum atomic E-state index is 0.0454. The van der Waals surface area contributed by atoms with Crippen molar-refractivity contribution in [2.24, 2.45) is 5.92 Å². The summed E-state index contributed by atoms with van der Waals surface area (Å²) in [5.74, 6) is 0.733. The number of allylic oxidation sites excluding steroid dienone is 2. The van der Waals surface area contributed by atoms with Gasteiger partial charge >= 0.3 is 0 Å². The molecule has 1 aliphatic carbocycles. The van der Waals surface area contributed by atoms with Gasteiger partial charge in [0.1, 0.15) is 0 Å². The average Bonchev–Trinajstić information content (AvgIpc) is 2.97. The summed E-state index contributed by atoms with van der Waals surface area (Å²) in [6.07, 6.45) is 8.38. The number of fused-ring (bicyclic) bond motifs is 2. The molecule has 100 valence electrons. The molecule has 1 amide bonds. The molecule has 0 radical (unpaired) electrons. The molecule has 4 atom stereocenters. The molecular weight excluding hydrogens is 224 g/mol. The number of carbonyl (C=O) groups is 1. The molecule has 1 saturated carbocycles. The molecule has 1 saturated heterocycles. The van der Waals surface area contributed by atoms with Gasteiger partial charge in [0.15, 0.2) is 0 Å². The fourth-order valence-corrected chi connectivity index (χ4v) is 3.21. The molecule has 0 aromatic heterocycles. The van der Waals surface area contributed by atoms with Gasteiger partial charge in [-0.25, -0.2) is 0 Å². The highest BCUT2D eigenvalue weighted by Gasteiger charge is 2.42. The van der Waals surface area contributed by atoms with Crippen LogP contribution < -0.4 is 10.6 Å². The van der Waals surface area contributed by atoms with Gasteiger partial charge in [-0.05, 0) is 45.4 Å². The van der Waals surface area contributed by atoms with E-state index in [0.29, 0.717) is 12.0 Å². The van der Waals surface area contributed by atoms with Crippen molar-refractivity contribution in [1.82, 2.24) is 10.6 Å². The molecule has 2 bridgehead atoms. The monoisotopic (exact) mass is 248 g/mol. The Kier molecular flexibility index (Phi) is 4.23. The third-order valence-electron chi connectivity index (χ3n) is 4.21. The van der Waals surface area contributed by atoms with Gasteiger partial charge in [0, 0.05) is 12.1 Å². The Morgan fingerprint density at radius 3 is 2.83 bits per heavy atom. The minimum absolute atomic E-state index is 0.0454. The molecule has 0 spiro atoms. The number of hydrogen-bond donors (Lipinski definition) is 2. The van der Waals surface area contributed by atoms with Crippen molar-refractivity contribution in [3.8, 4) is 0 Å². The normalized spacial score (nSPS) is 32.3. The van der Waals surface area contributed by atoms with Gasteiger partial charge in [0.2, 0.25) is 5.91 Å². The third-order valence-corrected chi connectivity index (χ3v) is 4.21. The summed E-state index contributed by atoms with van der Waals surface area (Å²) in [4.78, 5) is 12.2. The van der Waals surface area contributed by atoms with Crippen LogP contribution >= 0.6 is 0 Å². The molecule has 18 heavy (non-hydrogen) atoms. The number of hydrogen-bond acceptors (Lipinski definition) is 2. The zero-order chi connectivity index (χ0) is 13.1. The Morgan fingerprint density at radius 1 is 1.56 bits per heavy atom. The van der Waals surface area contributed by atoms with E-state index in [9.17, 15) is 4.79 Å². The Morgan fingerprint density at radius 2 is 2.33 bits per heavy atom. The van der Waals surface area contributed by atoms with Crippen LogP contribution in [0.4, 0.5) is 0 Å². The molecule has 2 aliphatic rings. The van der Waals surface area contributed by atoms with Gasteiger partial charge in [-0.3, -0.25) is 4.79 Å². The fourth-order valence-electron chi connectivity index (χ4n) is 3.21. The van der Waals surface area contributed by atoms with E-state index in [4.69, 9.17) is 0 Å². The van der Waals surface area contributed by atoms with Crippen LogP contribution in [0.1, 0.15) is 39.5 Å². The second-order valence-electron chi connectivity index (χ2n) is 5.60. The first-order valence-electron chi connectivity index (χ1n) is 6.98. The molecule has 1 aliphatic heterocycles. The van der Waals surface area contributed by atoms with Crippen molar-refractivity contribution in [2.45, 2.75) is 57.7 Å². The standard InChI is InChI=1S/C15H24N2O/c1-4-11(5-2)8-10(3)16-15(18)14-12-6-7-13(9-12)17-14/h4-5,10,12-14,17H,1,6-9H2,2-3H3,(H,16,18)/b11-5+/t10-,12+,13-,14+/m1/s1. The lowest BCUT2D eigenvalue weighted by Crippen LogP contribution is -2.49. The van der Waals surface area contributed by atoms with Crippen molar-refractivity contribution < 1.29 is 4.79 Å². The first kappa shape index (κ1) is 13.3. The van der Waals surface area contributed by atoms with Gasteiger partial charge in [0.25, 0.3) is 0 Å². The highest BCUT2D eigenvalue weighted by atomic mass is 16.2. The van der Waals surface area contributed by atoms with Crippen LogP contribution in [-0.4, -0.2) is 24.0 Å². The predicted octanol–water partition coefficient (Wildman–Crippen LogP) is 2.15. The second-order valence-corrected chi connectivity index (χ2v) is 5.60. The molecule has 3 nitrogen and oxygen atoms in total. The van der Waals surface area contributed by atoms with Crippen molar-refractivity contribution >= 4 is 5.91 Å². The zero-order valence-corrected chi connectivity index (χ0v) is 11.4. The summed E-state index contributed by atoms with van der Waals surface area (Å²) in [6, 6.07) is 0.798. The Bertz CT molecular complexity index is 362. The van der Waals surface area contributed by atoms with E-state index in [-0.39, 0.29) is 18.0 Å². The first-order chi connectivity index (χ1) is 8.63. The SMILES string of the molecule is C=C/C(=C\C)C[C@@H](C)NC(=O)[C@H]1N[C@@H]2CC[C@H]1C2. The van der Waals surface area contributed by atoms with E-state index in [1.54, 1.807) is 0 Å². The van der Waals surface area contributed by atoms with Crippen molar-refractivity contribution in [3.63, 3.8) is 0 Å². The van der Waals surface area contributed by atoms with E-state index in [2.05, 4.69) is 24.1 Å². The lowest BCUT2D eigenvalue weighted by molar-refractivity contribution is -0.124. The Labute approximate surface area is 110 Å². The average molecular weight is 248 g/mol. The summed E-state index contributed by atoms with van der Waals surface area (Å²) in [6.45, 7) is 7.84. The molecule has 0 aromatic carbocycles. The summed E-state index contributed by atoms with van der Waals surface area (Å²) < 4.78 is 0. The maximum atomic E-state index is 12.2. The van der Waals surface area contributed by atoms with E-state index in [1.807, 2.05) is 19.1 Å². The largest absolute Gasteiger partial charge is 0.352 e. The molecule has 2 rings (SSSR count). The van der Waals surface area contributed by atoms with Crippen molar-refractivity contribution in [1.29, 1.82) is 0 Å². The second kappa shape index (κ2) is 5.70. The van der Waals surface area contributed by atoms with Crippen molar-refractivity contribution in [3.05, 3.63) is 24.3 Å². The van der Waals surface area contributed by atoms with E-state index in [0.717, 1.165) is 6.42 Å². The molecular formula is C15H24N2O. The number of carbonyl (C=O) groups excluding carboxylic acids is 1. The highest BCUT2D eigenvalue weighted by Crippen LogP contribution is 2.35. The van der Waals surface area contributed by atoms with Crippen LogP contribution in [0.25, 0.3) is 0 Å². The van der Waals surface area contributed by atoms with E-state index in [1.165, 1.54) is 24.8 Å². The van der Waals surface area contributed by atoms with Gasteiger partial charge in [-0.1, -0.05) is 24.3 Å². The zero-order valence-electron chi connectivity index (χ0n) is 11.4. The van der Waals surface area contributed by atoms with Gasteiger partial charge in [-0.15, -0.1) is 0 Å². The summed E-state index contributed by atoms with van der Waals surface area (Å²) in [7, 11) is 0. The molecule has 3 heteroatoms. The number of rotatable bonds is 5. The number of nitrogens with one attached hydrogen (secondary N) is 2. The molecule has 1 heterocycles. The number of piperidine rings is 1. The van der Waals surface area contributed by atoms with Gasteiger partial charge in [-0.2, -0.15) is 0 Å². The van der Waals surface area contributed by atoms with Crippen LogP contribution in [0.3, 0.4) is 0 Å². The third kappa shape index (κ3) is 2.83. The lowest BCUT2D eigenvalue weighted by atomic mass is 9.98. The van der Waals surface area contributed by atoms with Crippen LogP contribution in [-0.2, 0) is 4.79 Å². The molecule has 0 aromatic rings. The minimum Gasteiger partial charge on any atom is -0.352 e. The molecule has 0 unspecified atom stereocenters. The fraction of sp³-hybridized carbons (Fsp3) is 0.667. The van der Waals surface area contributed by atoms with Crippen LogP contribution in [0.5, 0.6) is 0 Å². The topological polar surface area (TPSA) is 41.1 Å². The van der Waals surface area contributed by atoms with Crippen LogP contribution in [0.15, 0.2) is 24.3 Å². The quantitative estimate of drug-likeness (QED) is 0.732. The lowest BCUT2D eigenvalue weighted by Gasteiger charge is -2.24. The van der Waals surface area contributed by atoms with Gasteiger partial charge < -0.3 is 10.6 Å². The van der Waals surface area contributed by atoms with Crippen LogP contribution in [0, 0.1) is 5.92 Å². The maximum absolute atomic E-state index is 12.2. The van der Waals surface area contributed by atoms with Crippen molar-refractivity contribution in [2.75, 3.05) is 0 Å². The first-order valence-corrected chi connectivity index (χ1v) is 6.98. The maximum Gasteiger partial charge on any atom is 0.237 e. The molecule has 2 N–H and O–H groups in total. The van der Waals surface area contributed by atoms with E-state index >= 15 is 0 Å². The smallest absolute Gasteiger partial charge is 0.237 e. The number of amides is 1. The Balaban J connectivity index is 1.82. The summed E-state index contributed by atoms with van der Waals surface area (Å²) >= 11 is 0. The molecule has 2 fully saturated rings. The van der Waals surface area contributed by atoms with E-state index < -0.39 is 0 Å². The highest BCUT2D eigenvalue weighted by molar-refractivity contribution is 5.83. The van der Waals surface area contributed by atoms with Crippen LogP contribution in [0.2, 0.25) is 0 Å². The van der Waals surface area contributed by atoms with Gasteiger partial charge in [0.05, 0.1) is 6.04 Å². The predicted molar refractivity (Wildman–Crippen MR) is 74.2 cm³/mol.